The fourth-order valence-corrected chi connectivity index (χ4v) is 4.08. The van der Waals surface area contributed by atoms with Crippen LogP contribution < -0.4 is 10.1 Å². The lowest BCUT2D eigenvalue weighted by molar-refractivity contribution is 0.0948. The van der Waals surface area contributed by atoms with Crippen LogP contribution in [0, 0.1) is 0 Å². The Labute approximate surface area is 156 Å². The number of amides is 1. The first kappa shape index (κ1) is 20.7. The van der Waals surface area contributed by atoms with Gasteiger partial charge in [0.2, 0.25) is 10.0 Å². The van der Waals surface area contributed by atoms with Gasteiger partial charge in [-0.05, 0) is 44.1 Å². The number of carbonyl (C=O) groups is 1. The minimum absolute atomic E-state index is 0.00910. The molecular weight excluding hydrogens is 354 g/mol. The smallest absolute Gasteiger partial charge is 0.251 e. The first-order valence-electron chi connectivity index (χ1n) is 8.97. The number of carbonyl (C=O) groups excluding carboxylic acids is 1. The molecule has 146 valence electrons. The third-order valence-electron chi connectivity index (χ3n) is 4.60. The number of hydrogen-bond acceptors (Lipinski definition) is 5. The van der Waals surface area contributed by atoms with Gasteiger partial charge < -0.3 is 15.0 Å². The van der Waals surface area contributed by atoms with E-state index in [9.17, 15) is 13.2 Å². The molecule has 1 heterocycles. The summed E-state index contributed by atoms with van der Waals surface area (Å²) in [6.45, 7) is 3.50. The van der Waals surface area contributed by atoms with Crippen molar-refractivity contribution in [2.24, 2.45) is 0 Å². The molecule has 7 nitrogen and oxygen atoms in total. The number of ether oxygens (including phenoxy) is 1. The first-order valence-corrected chi connectivity index (χ1v) is 10.4. The van der Waals surface area contributed by atoms with Crippen molar-refractivity contribution in [2.45, 2.75) is 30.6 Å². The molecule has 0 atom stereocenters. The van der Waals surface area contributed by atoms with E-state index < -0.39 is 10.0 Å². The lowest BCUT2D eigenvalue weighted by Gasteiger charge is -2.20. The van der Waals surface area contributed by atoms with Gasteiger partial charge in [0, 0.05) is 32.7 Å². The minimum atomic E-state index is -3.70. The number of benzene rings is 1. The molecule has 1 aliphatic heterocycles. The number of methoxy groups -OCH3 is 1. The lowest BCUT2D eigenvalue weighted by atomic mass is 10.2. The third-order valence-corrected chi connectivity index (χ3v) is 6.43. The first-order chi connectivity index (χ1) is 12.4. The van der Waals surface area contributed by atoms with Crippen molar-refractivity contribution in [1.82, 2.24) is 14.5 Å². The van der Waals surface area contributed by atoms with Crippen molar-refractivity contribution >= 4 is 15.9 Å². The molecule has 0 spiro atoms. The average Bonchev–Trinajstić information content (AvgIpc) is 2.89. The summed E-state index contributed by atoms with van der Waals surface area (Å²) < 4.78 is 31.1. The molecule has 0 aliphatic carbocycles. The van der Waals surface area contributed by atoms with E-state index in [1.807, 2.05) is 0 Å². The van der Waals surface area contributed by atoms with Crippen LogP contribution in [0.25, 0.3) is 0 Å². The fraction of sp³-hybridized carbons (Fsp3) is 0.611. The molecule has 0 bridgehead atoms. The fourth-order valence-electron chi connectivity index (χ4n) is 3.01. The van der Waals surface area contributed by atoms with E-state index in [0.29, 0.717) is 12.1 Å². The minimum Gasteiger partial charge on any atom is -0.495 e. The summed E-state index contributed by atoms with van der Waals surface area (Å²) >= 11 is 0. The average molecular weight is 384 g/mol. The molecule has 26 heavy (non-hydrogen) atoms. The summed E-state index contributed by atoms with van der Waals surface area (Å²) in [4.78, 5) is 14.8. The lowest BCUT2D eigenvalue weighted by Crippen LogP contribution is -2.35. The Morgan fingerprint density at radius 2 is 1.85 bits per heavy atom. The number of sulfonamides is 1. The number of likely N-dealkylation sites (tertiary alicyclic amines) is 1. The zero-order valence-electron chi connectivity index (χ0n) is 15.8. The number of nitrogens with one attached hydrogen (secondary N) is 1. The van der Waals surface area contributed by atoms with Crippen molar-refractivity contribution < 1.29 is 17.9 Å². The zero-order chi connectivity index (χ0) is 19.2. The molecule has 0 radical (unpaired) electrons. The van der Waals surface area contributed by atoms with E-state index in [0.717, 1.165) is 23.9 Å². The maximum Gasteiger partial charge on any atom is 0.251 e. The van der Waals surface area contributed by atoms with Gasteiger partial charge in [-0.2, -0.15) is 0 Å². The standard InChI is InChI=1S/C18H29N3O4S/c1-20(2)26(23,24)17-14-15(8-9-16(17)25-3)18(22)19-10-13-21-11-6-4-5-7-12-21/h8-9,14H,4-7,10-13H2,1-3H3,(H,19,22). The Bertz CT molecular complexity index is 711. The highest BCUT2D eigenvalue weighted by molar-refractivity contribution is 7.89. The molecular formula is C18H29N3O4S. The van der Waals surface area contributed by atoms with Gasteiger partial charge in [-0.25, -0.2) is 12.7 Å². The maximum atomic E-state index is 12.4. The van der Waals surface area contributed by atoms with Gasteiger partial charge in [0.25, 0.3) is 5.91 Å². The molecule has 1 fully saturated rings. The van der Waals surface area contributed by atoms with E-state index in [4.69, 9.17) is 4.74 Å². The maximum absolute atomic E-state index is 12.4. The van der Waals surface area contributed by atoms with Crippen LogP contribution in [0.1, 0.15) is 36.0 Å². The molecule has 0 aromatic heterocycles. The zero-order valence-corrected chi connectivity index (χ0v) is 16.6. The van der Waals surface area contributed by atoms with Crippen molar-refractivity contribution in [1.29, 1.82) is 0 Å². The Kier molecular flexibility index (Phi) is 7.43. The summed E-state index contributed by atoms with van der Waals surface area (Å²) in [5.41, 5.74) is 0.307. The largest absolute Gasteiger partial charge is 0.495 e. The Hall–Kier alpha value is -1.64. The van der Waals surface area contributed by atoms with Gasteiger partial charge in [-0.1, -0.05) is 12.8 Å². The quantitative estimate of drug-likeness (QED) is 0.773. The second-order valence-electron chi connectivity index (χ2n) is 6.66. The van der Waals surface area contributed by atoms with Gasteiger partial charge in [-0.3, -0.25) is 4.79 Å². The Morgan fingerprint density at radius 3 is 2.42 bits per heavy atom. The molecule has 1 amide bonds. The summed E-state index contributed by atoms with van der Waals surface area (Å²) in [7, 11) is 0.605. The van der Waals surface area contributed by atoms with Crippen LogP contribution in [0.4, 0.5) is 0 Å². The van der Waals surface area contributed by atoms with E-state index in [-0.39, 0.29) is 16.6 Å². The van der Waals surface area contributed by atoms with Crippen LogP contribution in [-0.2, 0) is 10.0 Å². The highest BCUT2D eigenvalue weighted by atomic mass is 32.2. The monoisotopic (exact) mass is 383 g/mol. The van der Waals surface area contributed by atoms with Crippen LogP contribution >= 0.6 is 0 Å². The molecule has 1 saturated heterocycles. The number of nitrogens with zero attached hydrogens (tertiary/aromatic N) is 2. The Balaban J connectivity index is 2.04. The van der Waals surface area contributed by atoms with Gasteiger partial charge >= 0.3 is 0 Å². The molecule has 1 aromatic carbocycles. The molecule has 0 unspecified atom stereocenters. The topological polar surface area (TPSA) is 79.0 Å². The highest BCUT2D eigenvalue weighted by Gasteiger charge is 2.23. The molecule has 8 heteroatoms. The van der Waals surface area contributed by atoms with E-state index in [1.54, 1.807) is 6.07 Å². The van der Waals surface area contributed by atoms with Gasteiger partial charge in [-0.15, -0.1) is 0 Å². The van der Waals surface area contributed by atoms with E-state index >= 15 is 0 Å². The van der Waals surface area contributed by atoms with Crippen molar-refractivity contribution in [3.05, 3.63) is 23.8 Å². The second-order valence-corrected chi connectivity index (χ2v) is 8.79. The normalized spacial score (nSPS) is 16.3. The van der Waals surface area contributed by atoms with Crippen LogP contribution in [0.15, 0.2) is 23.1 Å². The number of hydrogen-bond donors (Lipinski definition) is 1. The number of rotatable bonds is 7. The molecule has 1 aromatic rings. The van der Waals surface area contributed by atoms with Crippen LogP contribution in [-0.4, -0.2) is 70.9 Å². The Morgan fingerprint density at radius 1 is 1.19 bits per heavy atom. The molecule has 0 saturated carbocycles. The second kappa shape index (κ2) is 9.34. The van der Waals surface area contributed by atoms with Crippen molar-refractivity contribution in [3.63, 3.8) is 0 Å². The van der Waals surface area contributed by atoms with Gasteiger partial charge in [0.05, 0.1) is 7.11 Å². The van der Waals surface area contributed by atoms with Gasteiger partial charge in [0.1, 0.15) is 10.6 Å². The summed E-state index contributed by atoms with van der Waals surface area (Å²) in [5.74, 6) is -0.0579. The molecule has 1 N–H and O–H groups in total. The highest BCUT2D eigenvalue weighted by Crippen LogP contribution is 2.26. The molecule has 1 aliphatic rings. The van der Waals surface area contributed by atoms with E-state index in [1.165, 1.54) is 59.0 Å². The molecule has 2 rings (SSSR count). The van der Waals surface area contributed by atoms with Gasteiger partial charge in [0.15, 0.2) is 0 Å². The SMILES string of the molecule is COc1ccc(C(=O)NCCN2CCCCCC2)cc1S(=O)(=O)N(C)C. The van der Waals surface area contributed by atoms with Crippen molar-refractivity contribution in [3.8, 4) is 5.75 Å². The van der Waals surface area contributed by atoms with Crippen LogP contribution in [0.5, 0.6) is 5.75 Å². The summed E-state index contributed by atoms with van der Waals surface area (Å²) in [6.07, 6.45) is 4.96. The third kappa shape index (κ3) is 5.18. The van der Waals surface area contributed by atoms with E-state index in [2.05, 4.69) is 10.2 Å². The van der Waals surface area contributed by atoms with Crippen LogP contribution in [0.3, 0.4) is 0 Å². The van der Waals surface area contributed by atoms with Crippen LogP contribution in [0.2, 0.25) is 0 Å². The predicted molar refractivity (Wildman–Crippen MR) is 101 cm³/mol. The summed E-state index contributed by atoms with van der Waals surface area (Å²) in [6, 6.07) is 4.46. The predicted octanol–water partition coefficient (Wildman–Crippen LogP) is 1.55. The van der Waals surface area contributed by atoms with Crippen molar-refractivity contribution in [2.75, 3.05) is 47.4 Å². The summed E-state index contributed by atoms with van der Waals surface area (Å²) in [5, 5.41) is 2.88.